The average molecular weight is 393 g/mol. The highest BCUT2D eigenvalue weighted by molar-refractivity contribution is 7.12. The number of hydrogen-bond acceptors (Lipinski definition) is 6. The fourth-order valence-electron chi connectivity index (χ4n) is 2.73. The van der Waals surface area contributed by atoms with Gasteiger partial charge in [0, 0.05) is 36.6 Å². The van der Waals surface area contributed by atoms with Crippen LogP contribution in [0.3, 0.4) is 0 Å². The number of nitrogens with zero attached hydrogens (tertiary/aromatic N) is 1. The number of ether oxygens (including phenoxy) is 1. The molecule has 4 aromatic rings. The van der Waals surface area contributed by atoms with Crippen molar-refractivity contribution in [1.82, 2.24) is 15.3 Å². The summed E-state index contributed by atoms with van der Waals surface area (Å²) in [5, 5.41) is 12.6. The minimum atomic E-state index is -0.484. The number of aromatic nitrogens is 2. The molecule has 1 amide bonds. The molecule has 0 aliphatic carbocycles. The lowest BCUT2D eigenvalue weighted by molar-refractivity contribution is 0.202. The Morgan fingerprint density at radius 1 is 1.07 bits per heavy atom. The molecule has 0 aliphatic heterocycles. The van der Waals surface area contributed by atoms with Gasteiger partial charge in [-0.3, -0.25) is 0 Å². The molecule has 0 atom stereocenters. The molecular formula is C20H19N5O2S. The molecule has 3 aromatic heterocycles. The first-order valence-electron chi connectivity index (χ1n) is 8.81. The third-order valence-electron chi connectivity index (χ3n) is 4.04. The van der Waals surface area contributed by atoms with Crippen LogP contribution in [0.15, 0.2) is 66.3 Å². The SMILES string of the molecule is O=C(NCCNc1ccccc1)Oc1sccc1Nc1ccnc2[nH]ccc12. The molecule has 0 radical (unpaired) electrons. The maximum atomic E-state index is 12.1. The van der Waals surface area contributed by atoms with Gasteiger partial charge in [0.1, 0.15) is 5.65 Å². The smallest absolute Gasteiger partial charge is 0.397 e. The number of hydrogen-bond donors (Lipinski definition) is 4. The van der Waals surface area contributed by atoms with Crippen LogP contribution in [-0.4, -0.2) is 29.2 Å². The number of nitrogens with one attached hydrogen (secondary N) is 4. The van der Waals surface area contributed by atoms with Crippen molar-refractivity contribution in [3.63, 3.8) is 0 Å². The first-order valence-corrected chi connectivity index (χ1v) is 9.69. The number of aromatic amines is 1. The number of rotatable bonds is 7. The zero-order chi connectivity index (χ0) is 19.2. The van der Waals surface area contributed by atoms with E-state index in [9.17, 15) is 4.79 Å². The van der Waals surface area contributed by atoms with Gasteiger partial charge >= 0.3 is 6.09 Å². The number of para-hydroxylation sites is 1. The van der Waals surface area contributed by atoms with Crippen molar-refractivity contribution in [2.24, 2.45) is 0 Å². The third-order valence-corrected chi connectivity index (χ3v) is 4.83. The van der Waals surface area contributed by atoms with Gasteiger partial charge in [-0.05, 0) is 35.7 Å². The van der Waals surface area contributed by atoms with Crippen molar-refractivity contribution in [2.75, 3.05) is 23.7 Å². The van der Waals surface area contributed by atoms with Gasteiger partial charge in [-0.15, -0.1) is 11.3 Å². The van der Waals surface area contributed by atoms with Crippen molar-refractivity contribution in [3.8, 4) is 5.06 Å². The fraction of sp³-hybridized carbons (Fsp3) is 0.100. The molecule has 142 valence electrons. The van der Waals surface area contributed by atoms with Crippen LogP contribution in [-0.2, 0) is 0 Å². The van der Waals surface area contributed by atoms with Gasteiger partial charge in [-0.1, -0.05) is 18.2 Å². The molecule has 3 heterocycles. The zero-order valence-corrected chi connectivity index (χ0v) is 15.8. The van der Waals surface area contributed by atoms with E-state index in [1.165, 1.54) is 11.3 Å². The monoisotopic (exact) mass is 393 g/mol. The standard InChI is InChI=1S/C20H19N5O2S/c26-20(24-12-11-21-14-4-2-1-3-5-14)27-19-17(8-13-28-19)25-16-7-10-23-18-15(16)6-9-22-18/h1-10,13,21H,11-12H2,(H,24,26)(H2,22,23,25). The number of carbonyl (C=O) groups excluding carboxylic acids is 1. The van der Waals surface area contributed by atoms with Gasteiger partial charge in [-0.25, -0.2) is 9.78 Å². The number of thiophene rings is 1. The Labute approximate surface area is 165 Å². The highest BCUT2D eigenvalue weighted by Crippen LogP contribution is 2.35. The number of carbonyl (C=O) groups is 1. The first kappa shape index (κ1) is 17.9. The molecule has 7 nitrogen and oxygen atoms in total. The Hall–Kier alpha value is -3.52. The number of H-pyrrole nitrogens is 1. The molecule has 4 rings (SSSR count). The summed E-state index contributed by atoms with van der Waals surface area (Å²) in [7, 11) is 0. The summed E-state index contributed by atoms with van der Waals surface area (Å²) in [6, 6.07) is 15.5. The van der Waals surface area contributed by atoms with E-state index in [0.717, 1.165) is 28.1 Å². The van der Waals surface area contributed by atoms with Crippen molar-refractivity contribution in [1.29, 1.82) is 0 Å². The number of fused-ring (bicyclic) bond motifs is 1. The van der Waals surface area contributed by atoms with Crippen LogP contribution in [0, 0.1) is 0 Å². The number of anilines is 3. The lowest BCUT2D eigenvalue weighted by Crippen LogP contribution is -2.31. The Balaban J connectivity index is 1.31. The summed E-state index contributed by atoms with van der Waals surface area (Å²) >= 11 is 1.36. The second-order valence-electron chi connectivity index (χ2n) is 5.95. The fourth-order valence-corrected chi connectivity index (χ4v) is 3.43. The van der Waals surface area contributed by atoms with Crippen LogP contribution in [0.4, 0.5) is 21.9 Å². The van der Waals surface area contributed by atoms with Crippen molar-refractivity contribution in [3.05, 3.63) is 66.3 Å². The van der Waals surface area contributed by atoms with Crippen molar-refractivity contribution >= 4 is 45.5 Å². The topological polar surface area (TPSA) is 91.1 Å². The van der Waals surface area contributed by atoms with E-state index in [-0.39, 0.29) is 0 Å². The normalized spacial score (nSPS) is 10.6. The van der Waals surface area contributed by atoms with Crippen molar-refractivity contribution in [2.45, 2.75) is 0 Å². The Bertz CT molecular complexity index is 1060. The van der Waals surface area contributed by atoms with Gasteiger partial charge in [0.25, 0.3) is 0 Å². The highest BCUT2D eigenvalue weighted by Gasteiger charge is 2.12. The molecule has 0 saturated heterocycles. The van der Waals surface area contributed by atoms with Crippen molar-refractivity contribution < 1.29 is 9.53 Å². The maximum absolute atomic E-state index is 12.1. The minimum Gasteiger partial charge on any atom is -0.397 e. The summed E-state index contributed by atoms with van der Waals surface area (Å²) in [6.45, 7) is 1.06. The van der Waals surface area contributed by atoms with Crippen LogP contribution in [0.5, 0.6) is 5.06 Å². The Morgan fingerprint density at radius 2 is 1.96 bits per heavy atom. The number of benzene rings is 1. The Kier molecular flexibility index (Phi) is 5.39. The summed E-state index contributed by atoms with van der Waals surface area (Å²) in [4.78, 5) is 19.4. The second kappa shape index (κ2) is 8.45. The largest absolute Gasteiger partial charge is 0.413 e. The highest BCUT2D eigenvalue weighted by atomic mass is 32.1. The molecule has 0 fully saturated rings. The minimum absolute atomic E-state index is 0.455. The van der Waals surface area contributed by atoms with E-state index in [0.29, 0.717) is 18.2 Å². The van der Waals surface area contributed by atoms with Gasteiger partial charge < -0.3 is 25.7 Å². The van der Waals surface area contributed by atoms with E-state index in [1.54, 1.807) is 6.20 Å². The first-order chi connectivity index (χ1) is 13.8. The molecule has 0 spiro atoms. The summed E-state index contributed by atoms with van der Waals surface area (Å²) < 4.78 is 5.46. The van der Waals surface area contributed by atoms with Crippen LogP contribution >= 0.6 is 11.3 Å². The Morgan fingerprint density at radius 3 is 2.86 bits per heavy atom. The molecule has 1 aromatic carbocycles. The molecule has 4 N–H and O–H groups in total. The average Bonchev–Trinajstić information content (AvgIpc) is 3.36. The molecule has 8 heteroatoms. The van der Waals surface area contributed by atoms with E-state index in [4.69, 9.17) is 4.74 Å². The summed E-state index contributed by atoms with van der Waals surface area (Å²) in [5.74, 6) is 0. The van der Waals surface area contributed by atoms with Crippen LogP contribution in [0.2, 0.25) is 0 Å². The zero-order valence-electron chi connectivity index (χ0n) is 14.9. The van der Waals surface area contributed by atoms with Gasteiger partial charge in [-0.2, -0.15) is 0 Å². The van der Waals surface area contributed by atoms with Gasteiger partial charge in [0.15, 0.2) is 0 Å². The van der Waals surface area contributed by atoms with E-state index in [1.807, 2.05) is 60.1 Å². The summed E-state index contributed by atoms with van der Waals surface area (Å²) in [5.41, 5.74) is 3.43. The molecule has 0 bridgehead atoms. The molecule has 0 aliphatic rings. The van der Waals surface area contributed by atoms with E-state index < -0.39 is 6.09 Å². The predicted molar refractivity (Wildman–Crippen MR) is 113 cm³/mol. The van der Waals surface area contributed by atoms with Gasteiger partial charge in [0.05, 0.1) is 11.4 Å². The lowest BCUT2D eigenvalue weighted by atomic mass is 10.3. The molecular weight excluding hydrogens is 374 g/mol. The quantitative estimate of drug-likeness (QED) is 0.345. The molecule has 28 heavy (non-hydrogen) atoms. The summed E-state index contributed by atoms with van der Waals surface area (Å²) in [6.07, 6.45) is 3.08. The van der Waals surface area contributed by atoms with Crippen LogP contribution < -0.4 is 20.7 Å². The third kappa shape index (κ3) is 4.24. The van der Waals surface area contributed by atoms with Crippen LogP contribution in [0.25, 0.3) is 11.0 Å². The maximum Gasteiger partial charge on any atom is 0.413 e. The second-order valence-corrected chi connectivity index (χ2v) is 6.83. The van der Waals surface area contributed by atoms with Crippen LogP contribution in [0.1, 0.15) is 0 Å². The van der Waals surface area contributed by atoms with Gasteiger partial charge in [0.2, 0.25) is 5.06 Å². The van der Waals surface area contributed by atoms with E-state index in [2.05, 4.69) is 25.9 Å². The predicted octanol–water partition coefficient (Wildman–Crippen LogP) is 4.57. The molecule has 0 unspecified atom stereocenters. The molecule has 0 saturated carbocycles. The number of pyridine rings is 1. The number of amides is 1. The van der Waals surface area contributed by atoms with E-state index >= 15 is 0 Å². The lowest BCUT2D eigenvalue weighted by Gasteiger charge is -2.10.